The first-order valence-electron chi connectivity index (χ1n) is 7.51. The minimum atomic E-state index is -0.101. The first-order chi connectivity index (χ1) is 11.0. The number of halogens is 1. The highest BCUT2D eigenvalue weighted by atomic mass is 35.5. The predicted octanol–water partition coefficient (Wildman–Crippen LogP) is 3.88. The van der Waals surface area contributed by atoms with Gasteiger partial charge < -0.3 is 9.88 Å². The summed E-state index contributed by atoms with van der Waals surface area (Å²) in [5, 5.41) is 3.67. The van der Waals surface area contributed by atoms with E-state index in [9.17, 15) is 4.79 Å². The maximum atomic E-state index is 12.4. The highest BCUT2D eigenvalue weighted by molar-refractivity contribution is 6.30. The Bertz CT molecular complexity index is 856. The van der Waals surface area contributed by atoms with E-state index in [1.165, 1.54) is 0 Å². The van der Waals surface area contributed by atoms with Crippen molar-refractivity contribution in [2.24, 2.45) is 0 Å². The molecule has 4 nitrogen and oxygen atoms in total. The van der Waals surface area contributed by atoms with Crippen molar-refractivity contribution in [2.45, 2.75) is 26.4 Å². The number of imidazole rings is 1. The summed E-state index contributed by atoms with van der Waals surface area (Å²) in [5.74, 6) is 0.778. The van der Waals surface area contributed by atoms with Crippen molar-refractivity contribution in [1.82, 2.24) is 14.9 Å². The minimum absolute atomic E-state index is 0.0521. The Morgan fingerprint density at radius 2 is 2.04 bits per heavy atom. The van der Waals surface area contributed by atoms with Crippen molar-refractivity contribution in [3.05, 3.63) is 64.9 Å². The lowest BCUT2D eigenvalue weighted by molar-refractivity contribution is -0.122. The van der Waals surface area contributed by atoms with Gasteiger partial charge in [0, 0.05) is 5.02 Å². The highest BCUT2D eigenvalue weighted by Crippen LogP contribution is 2.18. The highest BCUT2D eigenvalue weighted by Gasteiger charge is 2.13. The molecule has 1 aromatic heterocycles. The second kappa shape index (κ2) is 6.42. The van der Waals surface area contributed by atoms with Gasteiger partial charge in [0.15, 0.2) is 0 Å². The number of nitrogens with one attached hydrogen (secondary N) is 1. The zero-order chi connectivity index (χ0) is 16.4. The van der Waals surface area contributed by atoms with Crippen LogP contribution in [0.1, 0.15) is 24.4 Å². The first-order valence-corrected chi connectivity index (χ1v) is 7.89. The minimum Gasteiger partial charge on any atom is -0.348 e. The largest absolute Gasteiger partial charge is 0.348 e. The number of para-hydroxylation sites is 2. The molecule has 0 fully saturated rings. The number of hydrogen-bond donors (Lipinski definition) is 1. The van der Waals surface area contributed by atoms with Gasteiger partial charge in [-0.2, -0.15) is 0 Å². The Hall–Kier alpha value is -2.33. The zero-order valence-electron chi connectivity index (χ0n) is 13.1. The van der Waals surface area contributed by atoms with Crippen LogP contribution in [0.5, 0.6) is 0 Å². The van der Waals surface area contributed by atoms with Gasteiger partial charge in [0.05, 0.1) is 17.1 Å². The van der Waals surface area contributed by atoms with E-state index in [1.54, 1.807) is 0 Å². The summed E-state index contributed by atoms with van der Waals surface area (Å²) in [5.41, 5.74) is 2.86. The van der Waals surface area contributed by atoms with Gasteiger partial charge in [0.25, 0.3) is 0 Å². The molecule has 0 saturated heterocycles. The number of aromatic nitrogens is 2. The van der Waals surface area contributed by atoms with E-state index in [1.807, 2.05) is 66.9 Å². The molecule has 0 aliphatic rings. The van der Waals surface area contributed by atoms with Gasteiger partial charge in [-0.1, -0.05) is 35.9 Å². The number of carbonyl (C=O) groups is 1. The van der Waals surface area contributed by atoms with Gasteiger partial charge in [-0.3, -0.25) is 4.79 Å². The number of nitrogens with zero attached hydrogens (tertiary/aromatic N) is 2. The Morgan fingerprint density at radius 3 is 2.83 bits per heavy atom. The van der Waals surface area contributed by atoms with Gasteiger partial charge in [0.2, 0.25) is 5.91 Å². The van der Waals surface area contributed by atoms with E-state index < -0.39 is 0 Å². The van der Waals surface area contributed by atoms with Gasteiger partial charge in [-0.15, -0.1) is 0 Å². The molecular weight excluding hydrogens is 310 g/mol. The fourth-order valence-corrected chi connectivity index (χ4v) is 2.88. The third-order valence-corrected chi connectivity index (χ3v) is 4.11. The SMILES string of the molecule is Cc1nc2ccccc2n1CC(=O)NC(C)c1cccc(Cl)c1. The monoisotopic (exact) mass is 327 g/mol. The summed E-state index contributed by atoms with van der Waals surface area (Å²) in [4.78, 5) is 16.9. The Morgan fingerprint density at radius 1 is 1.26 bits per heavy atom. The van der Waals surface area contributed by atoms with Crippen molar-refractivity contribution in [1.29, 1.82) is 0 Å². The van der Waals surface area contributed by atoms with Crippen LogP contribution >= 0.6 is 11.6 Å². The number of carbonyl (C=O) groups excluding carboxylic acids is 1. The van der Waals surface area contributed by atoms with Crippen molar-refractivity contribution in [3.8, 4) is 0 Å². The number of aryl methyl sites for hydroxylation is 1. The molecule has 1 unspecified atom stereocenters. The summed E-state index contributed by atoms with van der Waals surface area (Å²) in [7, 11) is 0. The quantitative estimate of drug-likeness (QED) is 0.790. The summed E-state index contributed by atoms with van der Waals surface area (Å²) < 4.78 is 1.93. The third kappa shape index (κ3) is 3.37. The number of fused-ring (bicyclic) bond motifs is 1. The molecule has 1 amide bonds. The maximum Gasteiger partial charge on any atom is 0.240 e. The van der Waals surface area contributed by atoms with Crippen LogP contribution in [0.15, 0.2) is 48.5 Å². The molecule has 0 aliphatic carbocycles. The molecule has 3 aromatic rings. The van der Waals surface area contributed by atoms with E-state index in [0.29, 0.717) is 5.02 Å². The van der Waals surface area contributed by atoms with Crippen LogP contribution in [0, 0.1) is 6.92 Å². The molecule has 1 atom stereocenters. The standard InChI is InChI=1S/C18H18ClN3O/c1-12(14-6-5-7-15(19)10-14)20-18(23)11-22-13(2)21-16-8-3-4-9-17(16)22/h3-10,12H,11H2,1-2H3,(H,20,23). The average molecular weight is 328 g/mol. The molecule has 0 bridgehead atoms. The molecule has 1 N–H and O–H groups in total. The second-order valence-corrected chi connectivity index (χ2v) is 6.01. The van der Waals surface area contributed by atoms with Crippen molar-refractivity contribution >= 4 is 28.5 Å². The van der Waals surface area contributed by atoms with Crippen LogP contribution in [0.3, 0.4) is 0 Å². The lowest BCUT2D eigenvalue weighted by Crippen LogP contribution is -2.30. The molecule has 23 heavy (non-hydrogen) atoms. The average Bonchev–Trinajstić information content (AvgIpc) is 2.83. The molecule has 2 aromatic carbocycles. The van der Waals surface area contributed by atoms with Gasteiger partial charge in [-0.05, 0) is 43.7 Å². The van der Waals surface area contributed by atoms with Crippen LogP contribution in [-0.2, 0) is 11.3 Å². The molecule has 118 valence electrons. The molecule has 0 aliphatic heterocycles. The summed E-state index contributed by atoms with van der Waals surface area (Å²) in [6.45, 7) is 4.10. The van der Waals surface area contributed by atoms with Crippen LogP contribution in [0.25, 0.3) is 11.0 Å². The smallest absolute Gasteiger partial charge is 0.240 e. The fourth-order valence-electron chi connectivity index (χ4n) is 2.69. The number of benzene rings is 2. The summed E-state index contributed by atoms with van der Waals surface area (Å²) >= 11 is 6.00. The molecular formula is C18H18ClN3O. The van der Waals surface area contributed by atoms with Crippen molar-refractivity contribution in [2.75, 3.05) is 0 Å². The van der Waals surface area contributed by atoms with Crippen molar-refractivity contribution < 1.29 is 4.79 Å². The van der Waals surface area contributed by atoms with Crippen LogP contribution in [0.2, 0.25) is 5.02 Å². The Labute approximate surface area is 140 Å². The van der Waals surface area contributed by atoms with Gasteiger partial charge in [0.1, 0.15) is 12.4 Å². The Kier molecular flexibility index (Phi) is 4.35. The van der Waals surface area contributed by atoms with Gasteiger partial charge in [-0.25, -0.2) is 4.98 Å². The first kappa shape index (κ1) is 15.6. The number of hydrogen-bond acceptors (Lipinski definition) is 2. The maximum absolute atomic E-state index is 12.4. The van der Waals surface area contributed by atoms with E-state index in [4.69, 9.17) is 11.6 Å². The second-order valence-electron chi connectivity index (χ2n) is 5.58. The van der Waals surface area contributed by atoms with Crippen LogP contribution in [-0.4, -0.2) is 15.5 Å². The van der Waals surface area contributed by atoms with E-state index in [-0.39, 0.29) is 18.5 Å². The lowest BCUT2D eigenvalue weighted by Gasteiger charge is -2.15. The van der Waals surface area contributed by atoms with Crippen molar-refractivity contribution in [3.63, 3.8) is 0 Å². The molecule has 3 rings (SSSR count). The summed E-state index contributed by atoms with van der Waals surface area (Å²) in [6.07, 6.45) is 0. The molecule has 5 heteroatoms. The number of amides is 1. The van der Waals surface area contributed by atoms with E-state index in [0.717, 1.165) is 22.4 Å². The molecule has 0 saturated carbocycles. The lowest BCUT2D eigenvalue weighted by atomic mass is 10.1. The van der Waals surface area contributed by atoms with E-state index in [2.05, 4.69) is 10.3 Å². The number of rotatable bonds is 4. The fraction of sp³-hybridized carbons (Fsp3) is 0.222. The third-order valence-electron chi connectivity index (χ3n) is 3.87. The molecule has 1 heterocycles. The van der Waals surface area contributed by atoms with Crippen LogP contribution < -0.4 is 5.32 Å². The molecule has 0 radical (unpaired) electrons. The Balaban J connectivity index is 1.75. The predicted molar refractivity (Wildman–Crippen MR) is 92.5 cm³/mol. The van der Waals surface area contributed by atoms with Gasteiger partial charge >= 0.3 is 0 Å². The molecule has 0 spiro atoms. The summed E-state index contributed by atoms with van der Waals surface area (Å²) in [6, 6.07) is 15.2. The van der Waals surface area contributed by atoms with E-state index >= 15 is 0 Å². The van der Waals surface area contributed by atoms with Crippen LogP contribution in [0.4, 0.5) is 0 Å². The zero-order valence-corrected chi connectivity index (χ0v) is 13.8. The normalized spacial score (nSPS) is 12.3. The topological polar surface area (TPSA) is 46.9 Å².